The summed E-state index contributed by atoms with van der Waals surface area (Å²) in [5, 5.41) is 5.73. The van der Waals surface area contributed by atoms with Gasteiger partial charge < -0.3 is 20.1 Å². The van der Waals surface area contributed by atoms with Gasteiger partial charge in [0.05, 0.1) is 23.7 Å². The molecule has 2 N–H and O–H groups in total. The van der Waals surface area contributed by atoms with Gasteiger partial charge in [-0.2, -0.15) is 8.78 Å². The molecule has 1 fully saturated rings. The topological polar surface area (TPSA) is 89.6 Å². The maximum atomic E-state index is 14.0. The van der Waals surface area contributed by atoms with Gasteiger partial charge in [0, 0.05) is 23.7 Å². The number of fused-ring (bicyclic) bond motifs is 1. The Labute approximate surface area is 182 Å². The number of nitrogens with one attached hydrogen (secondary N) is 2. The van der Waals surface area contributed by atoms with E-state index in [0.717, 1.165) is 12.1 Å². The van der Waals surface area contributed by atoms with E-state index in [9.17, 15) is 22.8 Å². The fourth-order valence-electron chi connectivity index (χ4n) is 3.48. The lowest BCUT2D eigenvalue weighted by atomic mass is 9.92. The van der Waals surface area contributed by atoms with Gasteiger partial charge in [0.1, 0.15) is 6.61 Å². The highest BCUT2D eigenvalue weighted by molar-refractivity contribution is 5.97. The number of terminal acetylenes is 1. The van der Waals surface area contributed by atoms with Gasteiger partial charge in [0.2, 0.25) is 5.91 Å². The van der Waals surface area contributed by atoms with Crippen LogP contribution in [0.1, 0.15) is 36.0 Å². The van der Waals surface area contributed by atoms with E-state index in [-0.39, 0.29) is 53.6 Å². The number of aromatic nitrogens is 1. The number of carbonyl (C=O) groups is 2. The predicted molar refractivity (Wildman–Crippen MR) is 110 cm³/mol. The molecule has 10 heteroatoms. The van der Waals surface area contributed by atoms with E-state index in [2.05, 4.69) is 26.3 Å². The highest BCUT2D eigenvalue weighted by Gasteiger charge is 2.24. The van der Waals surface area contributed by atoms with E-state index < -0.39 is 18.2 Å². The van der Waals surface area contributed by atoms with Crippen LogP contribution in [0.4, 0.5) is 13.2 Å². The molecule has 170 valence electrons. The molecule has 32 heavy (non-hydrogen) atoms. The second kappa shape index (κ2) is 10.8. The molecule has 0 atom stereocenters. The molecule has 3 rings (SSSR count). The van der Waals surface area contributed by atoms with Crippen LogP contribution in [0.2, 0.25) is 0 Å². The molecule has 1 heterocycles. The Morgan fingerprint density at radius 1 is 1.22 bits per heavy atom. The Morgan fingerprint density at radius 2 is 1.97 bits per heavy atom. The van der Waals surface area contributed by atoms with E-state index >= 15 is 0 Å². The van der Waals surface area contributed by atoms with Crippen molar-refractivity contribution in [3.8, 4) is 18.1 Å². The Morgan fingerprint density at radius 3 is 2.66 bits per heavy atom. The number of ether oxygens (including phenoxy) is 2. The van der Waals surface area contributed by atoms with Gasteiger partial charge >= 0.3 is 6.61 Å². The Hall–Kier alpha value is -3.32. The number of nitrogens with zero attached hydrogens (tertiary/aromatic N) is 1. The average molecular weight is 449 g/mol. The second-order valence-corrected chi connectivity index (χ2v) is 7.32. The fraction of sp³-hybridized carbons (Fsp3) is 0.409. The molecular weight excluding hydrogens is 427 g/mol. The molecule has 0 radical (unpaired) electrons. The van der Waals surface area contributed by atoms with Crippen molar-refractivity contribution in [2.24, 2.45) is 0 Å². The first-order valence-electron chi connectivity index (χ1n) is 10.0. The molecule has 0 aliphatic heterocycles. The Kier molecular flexibility index (Phi) is 7.89. The largest absolute Gasteiger partial charge is 0.432 e. The lowest BCUT2D eigenvalue weighted by molar-refractivity contribution is -0.128. The second-order valence-electron chi connectivity index (χ2n) is 7.32. The monoisotopic (exact) mass is 449 g/mol. The molecule has 0 spiro atoms. The number of carbonyl (C=O) groups excluding carboxylic acids is 2. The van der Waals surface area contributed by atoms with E-state index in [1.807, 2.05) is 0 Å². The van der Waals surface area contributed by atoms with Crippen LogP contribution in [-0.2, 0) is 9.53 Å². The van der Waals surface area contributed by atoms with Crippen molar-refractivity contribution >= 4 is 22.7 Å². The first-order valence-corrected chi connectivity index (χ1v) is 10.0. The van der Waals surface area contributed by atoms with Crippen LogP contribution in [0.25, 0.3) is 10.9 Å². The molecular formula is C22H22F3N3O4. The quantitative estimate of drug-likeness (QED) is 0.605. The van der Waals surface area contributed by atoms with E-state index in [0.29, 0.717) is 25.7 Å². The smallest absolute Gasteiger partial charge is 0.387 e. The summed E-state index contributed by atoms with van der Waals surface area (Å²) in [5.74, 6) is 0.0948. The summed E-state index contributed by atoms with van der Waals surface area (Å²) in [4.78, 5) is 28.2. The summed E-state index contributed by atoms with van der Waals surface area (Å²) in [6.45, 7) is -3.06. The Bertz CT molecular complexity index is 1020. The third-order valence-corrected chi connectivity index (χ3v) is 5.06. The zero-order valence-electron chi connectivity index (χ0n) is 17.1. The van der Waals surface area contributed by atoms with Gasteiger partial charge in [-0.3, -0.25) is 14.6 Å². The molecule has 1 aromatic carbocycles. The van der Waals surface area contributed by atoms with Crippen LogP contribution >= 0.6 is 0 Å². The molecule has 1 saturated carbocycles. The summed E-state index contributed by atoms with van der Waals surface area (Å²) in [5.41, 5.74) is 0.450. The maximum Gasteiger partial charge on any atom is 0.387 e. The van der Waals surface area contributed by atoms with Crippen molar-refractivity contribution in [1.82, 2.24) is 15.6 Å². The molecule has 7 nitrogen and oxygen atoms in total. The number of halogens is 3. The van der Waals surface area contributed by atoms with Crippen molar-refractivity contribution in [2.75, 3.05) is 13.2 Å². The van der Waals surface area contributed by atoms with Gasteiger partial charge in [0.25, 0.3) is 5.91 Å². The first kappa shape index (κ1) is 23.3. The molecule has 1 aliphatic carbocycles. The number of alkyl halides is 2. The third kappa shape index (κ3) is 6.34. The SMILES string of the molecule is C#CCNC(=O)COC1CCC(NC(=O)c2cnc3cc(OC(F)F)c(F)cc3c2)CC1. The number of benzene rings is 1. The van der Waals surface area contributed by atoms with Crippen LogP contribution < -0.4 is 15.4 Å². The number of pyridine rings is 1. The highest BCUT2D eigenvalue weighted by Crippen LogP contribution is 2.26. The van der Waals surface area contributed by atoms with Crippen molar-refractivity contribution in [3.63, 3.8) is 0 Å². The summed E-state index contributed by atoms with van der Waals surface area (Å²) in [6.07, 6.45) is 9.01. The van der Waals surface area contributed by atoms with Crippen LogP contribution in [-0.4, -0.2) is 48.7 Å². The predicted octanol–water partition coefficient (Wildman–Crippen LogP) is 2.78. The van der Waals surface area contributed by atoms with Crippen LogP contribution in [0.5, 0.6) is 5.75 Å². The van der Waals surface area contributed by atoms with Crippen molar-refractivity contribution < 1.29 is 32.2 Å². The van der Waals surface area contributed by atoms with Gasteiger partial charge in [-0.15, -0.1) is 6.42 Å². The number of hydrogen-bond acceptors (Lipinski definition) is 5. The lowest BCUT2D eigenvalue weighted by Crippen LogP contribution is -2.40. The van der Waals surface area contributed by atoms with Crippen LogP contribution in [0.15, 0.2) is 24.4 Å². The lowest BCUT2D eigenvalue weighted by Gasteiger charge is -2.29. The maximum absolute atomic E-state index is 14.0. The zero-order valence-corrected chi connectivity index (χ0v) is 17.1. The van der Waals surface area contributed by atoms with Crippen molar-refractivity contribution in [3.05, 3.63) is 35.8 Å². The van der Waals surface area contributed by atoms with Crippen molar-refractivity contribution in [2.45, 2.75) is 44.4 Å². The number of amides is 2. The number of hydrogen-bond donors (Lipinski definition) is 2. The minimum atomic E-state index is -3.15. The molecule has 0 saturated heterocycles. The summed E-state index contributed by atoms with van der Waals surface area (Å²) < 4.78 is 48.4. The minimum absolute atomic E-state index is 0.0627. The third-order valence-electron chi connectivity index (χ3n) is 5.06. The first-order chi connectivity index (χ1) is 15.4. The van der Waals surface area contributed by atoms with E-state index in [1.54, 1.807) is 0 Å². The minimum Gasteiger partial charge on any atom is -0.432 e. The summed E-state index contributed by atoms with van der Waals surface area (Å²) in [7, 11) is 0. The van der Waals surface area contributed by atoms with Gasteiger partial charge in [-0.25, -0.2) is 4.39 Å². The van der Waals surface area contributed by atoms with Crippen molar-refractivity contribution in [1.29, 1.82) is 0 Å². The zero-order chi connectivity index (χ0) is 23.1. The fourth-order valence-corrected chi connectivity index (χ4v) is 3.48. The normalized spacial score (nSPS) is 18.2. The highest BCUT2D eigenvalue weighted by atomic mass is 19.3. The number of rotatable bonds is 8. The van der Waals surface area contributed by atoms with Gasteiger partial charge in [-0.05, 0) is 37.8 Å². The summed E-state index contributed by atoms with van der Waals surface area (Å²) in [6, 6.07) is 3.43. The molecule has 1 aliphatic rings. The average Bonchev–Trinajstić information content (AvgIpc) is 2.77. The van der Waals surface area contributed by atoms with E-state index in [1.165, 1.54) is 12.3 Å². The standard InChI is InChI=1S/C22H22F3N3O4/c1-2-7-26-20(29)12-31-16-5-3-15(4-6-16)28-21(30)14-8-13-9-17(23)19(32-22(24)25)10-18(13)27-11-14/h1,8-11,15-16,22H,3-7,12H2,(H,26,29)(H,28,30). The van der Waals surface area contributed by atoms with Gasteiger partial charge in [0.15, 0.2) is 11.6 Å². The van der Waals surface area contributed by atoms with Crippen LogP contribution in [0.3, 0.4) is 0 Å². The van der Waals surface area contributed by atoms with Gasteiger partial charge in [-0.1, -0.05) is 5.92 Å². The molecule has 0 bridgehead atoms. The molecule has 2 amide bonds. The molecule has 0 unspecified atom stereocenters. The molecule has 2 aromatic rings. The Balaban J connectivity index is 1.53. The summed E-state index contributed by atoms with van der Waals surface area (Å²) >= 11 is 0. The van der Waals surface area contributed by atoms with E-state index in [4.69, 9.17) is 11.2 Å². The van der Waals surface area contributed by atoms with Crippen LogP contribution in [0, 0.1) is 18.2 Å². The molecule has 1 aromatic heterocycles.